The quantitative estimate of drug-likeness (QED) is 0.834. The third-order valence-corrected chi connectivity index (χ3v) is 4.68. The molecule has 1 aromatic carbocycles. The molecular formula is C17H25ClO. The van der Waals surface area contributed by atoms with Gasteiger partial charge in [0.25, 0.3) is 0 Å². The third-order valence-electron chi connectivity index (χ3n) is 4.33. The van der Waals surface area contributed by atoms with Crippen molar-refractivity contribution in [2.45, 2.75) is 64.4 Å². The zero-order chi connectivity index (χ0) is 13.7. The number of halogens is 1. The van der Waals surface area contributed by atoms with Crippen LogP contribution in [0.2, 0.25) is 5.02 Å². The predicted molar refractivity (Wildman–Crippen MR) is 81.7 cm³/mol. The van der Waals surface area contributed by atoms with Crippen molar-refractivity contribution in [1.29, 1.82) is 0 Å². The summed E-state index contributed by atoms with van der Waals surface area (Å²) < 4.78 is 0. The Balaban J connectivity index is 1.96. The molecule has 1 atom stereocenters. The van der Waals surface area contributed by atoms with E-state index in [0.717, 1.165) is 10.6 Å². The van der Waals surface area contributed by atoms with Crippen LogP contribution in [0.1, 0.15) is 56.1 Å². The summed E-state index contributed by atoms with van der Waals surface area (Å²) in [4.78, 5) is 0. The average Bonchev–Trinajstić information content (AvgIpc) is 2.32. The van der Waals surface area contributed by atoms with E-state index in [2.05, 4.69) is 12.1 Å². The van der Waals surface area contributed by atoms with Crippen molar-refractivity contribution in [3.63, 3.8) is 0 Å². The molecule has 0 heterocycles. The summed E-state index contributed by atoms with van der Waals surface area (Å²) in [6.45, 7) is 2.04. The second-order valence-corrected chi connectivity index (χ2v) is 6.38. The Morgan fingerprint density at radius 3 is 2.42 bits per heavy atom. The van der Waals surface area contributed by atoms with Crippen molar-refractivity contribution in [3.8, 4) is 0 Å². The molecule has 2 heteroatoms. The Hall–Kier alpha value is -0.530. The van der Waals surface area contributed by atoms with Gasteiger partial charge in [0.2, 0.25) is 0 Å². The Labute approximate surface area is 122 Å². The minimum atomic E-state index is -0.238. The maximum Gasteiger partial charge on any atom is 0.0609 e. The molecule has 0 aromatic heterocycles. The van der Waals surface area contributed by atoms with Crippen LogP contribution >= 0.6 is 11.6 Å². The fourth-order valence-corrected chi connectivity index (χ4v) is 3.39. The molecule has 1 nitrogen and oxygen atoms in total. The highest BCUT2D eigenvalue weighted by atomic mass is 35.5. The van der Waals surface area contributed by atoms with Crippen LogP contribution in [0, 0.1) is 12.8 Å². The minimum Gasteiger partial charge on any atom is -0.392 e. The van der Waals surface area contributed by atoms with Gasteiger partial charge in [0.1, 0.15) is 0 Å². The second kappa shape index (κ2) is 7.31. The number of hydrogen-bond donors (Lipinski definition) is 1. The van der Waals surface area contributed by atoms with E-state index in [1.807, 2.05) is 13.0 Å². The first-order chi connectivity index (χ1) is 9.16. The van der Waals surface area contributed by atoms with E-state index in [0.29, 0.717) is 12.3 Å². The molecule has 0 saturated heterocycles. The molecule has 19 heavy (non-hydrogen) atoms. The van der Waals surface area contributed by atoms with Crippen LogP contribution in [0.15, 0.2) is 18.2 Å². The molecule has 2 rings (SSSR count). The summed E-state index contributed by atoms with van der Waals surface area (Å²) in [5.74, 6) is 0.456. The SMILES string of the molecule is Cc1ccc(CC(O)C2CCCCCCC2)c(Cl)c1. The van der Waals surface area contributed by atoms with Crippen molar-refractivity contribution in [1.82, 2.24) is 0 Å². The molecule has 1 aliphatic carbocycles. The van der Waals surface area contributed by atoms with Crippen molar-refractivity contribution < 1.29 is 5.11 Å². The van der Waals surface area contributed by atoms with E-state index in [1.54, 1.807) is 0 Å². The Bertz CT molecular complexity index is 394. The standard InChI is InChI=1S/C17H25ClO/c1-13-9-10-15(16(18)11-13)12-17(19)14-7-5-3-2-4-6-8-14/h9-11,14,17,19H,2-8,12H2,1H3. The fraction of sp³-hybridized carbons (Fsp3) is 0.647. The molecule has 1 aromatic rings. The first kappa shape index (κ1) is 14.9. The summed E-state index contributed by atoms with van der Waals surface area (Å²) in [5, 5.41) is 11.3. The van der Waals surface area contributed by atoms with Gasteiger partial charge in [-0.2, -0.15) is 0 Å². The number of aliphatic hydroxyl groups is 1. The van der Waals surface area contributed by atoms with Gasteiger partial charge < -0.3 is 5.11 Å². The largest absolute Gasteiger partial charge is 0.392 e. The molecular weight excluding hydrogens is 256 g/mol. The summed E-state index contributed by atoms with van der Waals surface area (Å²) >= 11 is 6.26. The van der Waals surface area contributed by atoms with Crippen LogP contribution in [-0.4, -0.2) is 11.2 Å². The Morgan fingerprint density at radius 1 is 1.16 bits per heavy atom. The van der Waals surface area contributed by atoms with Crippen LogP contribution in [0.3, 0.4) is 0 Å². The zero-order valence-corrected chi connectivity index (χ0v) is 12.6. The average molecular weight is 281 g/mol. The molecule has 1 saturated carbocycles. The van der Waals surface area contributed by atoms with Crippen LogP contribution in [0.25, 0.3) is 0 Å². The second-order valence-electron chi connectivity index (χ2n) is 5.97. The van der Waals surface area contributed by atoms with E-state index < -0.39 is 0 Å². The summed E-state index contributed by atoms with van der Waals surface area (Å²) in [6, 6.07) is 6.12. The van der Waals surface area contributed by atoms with Crippen molar-refractivity contribution in [2.75, 3.05) is 0 Å². The summed E-state index contributed by atoms with van der Waals surface area (Å²) in [5.41, 5.74) is 2.26. The minimum absolute atomic E-state index is 0.238. The first-order valence-corrected chi connectivity index (χ1v) is 7.97. The van der Waals surface area contributed by atoms with E-state index in [9.17, 15) is 5.11 Å². The maximum absolute atomic E-state index is 10.5. The lowest BCUT2D eigenvalue weighted by Crippen LogP contribution is -2.24. The molecule has 1 fully saturated rings. The fourth-order valence-electron chi connectivity index (χ4n) is 3.08. The molecule has 1 aliphatic rings. The van der Waals surface area contributed by atoms with E-state index >= 15 is 0 Å². The van der Waals surface area contributed by atoms with E-state index in [-0.39, 0.29) is 6.10 Å². The number of rotatable bonds is 3. The highest BCUT2D eigenvalue weighted by molar-refractivity contribution is 6.31. The highest BCUT2D eigenvalue weighted by Crippen LogP contribution is 2.28. The molecule has 0 spiro atoms. The highest BCUT2D eigenvalue weighted by Gasteiger charge is 2.21. The monoisotopic (exact) mass is 280 g/mol. The normalized spacial score (nSPS) is 19.7. The van der Waals surface area contributed by atoms with Gasteiger partial charge in [-0.25, -0.2) is 0 Å². The maximum atomic E-state index is 10.5. The van der Waals surface area contributed by atoms with Gasteiger partial charge in [0.05, 0.1) is 6.10 Å². The molecule has 1 unspecified atom stereocenters. The van der Waals surface area contributed by atoms with Crippen LogP contribution < -0.4 is 0 Å². The van der Waals surface area contributed by atoms with E-state index in [4.69, 9.17) is 11.6 Å². The predicted octanol–water partition coefficient (Wildman–Crippen LogP) is 4.91. The van der Waals surface area contributed by atoms with Gasteiger partial charge in [-0.3, -0.25) is 0 Å². The van der Waals surface area contributed by atoms with Crippen molar-refractivity contribution in [2.24, 2.45) is 5.92 Å². The zero-order valence-electron chi connectivity index (χ0n) is 11.9. The number of aryl methyl sites for hydroxylation is 1. The number of benzene rings is 1. The van der Waals surface area contributed by atoms with Crippen molar-refractivity contribution in [3.05, 3.63) is 34.3 Å². The number of aliphatic hydroxyl groups excluding tert-OH is 1. The van der Waals surface area contributed by atoms with Crippen LogP contribution in [0.4, 0.5) is 0 Å². The van der Waals surface area contributed by atoms with E-state index in [1.165, 1.54) is 50.5 Å². The molecule has 0 aliphatic heterocycles. The summed E-state index contributed by atoms with van der Waals surface area (Å²) in [7, 11) is 0. The van der Waals surface area contributed by atoms with Gasteiger partial charge >= 0.3 is 0 Å². The van der Waals surface area contributed by atoms with Crippen LogP contribution in [-0.2, 0) is 6.42 Å². The smallest absolute Gasteiger partial charge is 0.0609 e. The molecule has 1 N–H and O–H groups in total. The lowest BCUT2D eigenvalue weighted by molar-refractivity contribution is 0.0913. The first-order valence-electron chi connectivity index (χ1n) is 7.60. The lowest BCUT2D eigenvalue weighted by atomic mass is 9.85. The Kier molecular flexibility index (Phi) is 5.72. The molecule has 106 valence electrons. The molecule has 0 bridgehead atoms. The van der Waals surface area contributed by atoms with Crippen molar-refractivity contribution >= 4 is 11.6 Å². The number of hydrogen-bond acceptors (Lipinski definition) is 1. The van der Waals surface area contributed by atoms with Gasteiger partial charge in [-0.15, -0.1) is 0 Å². The Morgan fingerprint density at radius 2 is 1.79 bits per heavy atom. The van der Waals surface area contributed by atoms with Gasteiger partial charge in [-0.1, -0.05) is 55.8 Å². The summed E-state index contributed by atoms with van der Waals surface area (Å²) in [6.07, 6.45) is 9.36. The van der Waals surface area contributed by atoms with Crippen LogP contribution in [0.5, 0.6) is 0 Å². The van der Waals surface area contributed by atoms with Gasteiger partial charge in [0.15, 0.2) is 0 Å². The molecule has 0 amide bonds. The molecule has 0 radical (unpaired) electrons. The lowest BCUT2D eigenvalue weighted by Gasteiger charge is -2.25. The van der Waals surface area contributed by atoms with Gasteiger partial charge in [0, 0.05) is 11.4 Å². The topological polar surface area (TPSA) is 20.2 Å². The van der Waals surface area contributed by atoms with Gasteiger partial charge in [-0.05, 0) is 42.9 Å². The third kappa shape index (κ3) is 4.50.